The zero-order chi connectivity index (χ0) is 22.4. The Labute approximate surface area is 194 Å². The van der Waals surface area contributed by atoms with Crippen LogP contribution in [0.1, 0.15) is 69.6 Å². The molecule has 31 heavy (non-hydrogen) atoms. The molecule has 4 atom stereocenters. The molecule has 2 aliphatic carbocycles. The molecule has 0 saturated heterocycles. The monoisotopic (exact) mass is 464 g/mol. The van der Waals surface area contributed by atoms with Crippen LogP contribution in [0.4, 0.5) is 0 Å². The van der Waals surface area contributed by atoms with Crippen molar-refractivity contribution in [1.82, 2.24) is 0 Å². The Bertz CT molecular complexity index is 855. The van der Waals surface area contributed by atoms with Gasteiger partial charge in [-0.05, 0) is 75.0 Å². The number of unbranched alkanes of at least 4 members (excludes halogenated alkanes) is 1. The quantitative estimate of drug-likeness (QED) is 0.276. The summed E-state index contributed by atoms with van der Waals surface area (Å²) in [5.74, 6) is -0.339. The first-order valence-corrected chi connectivity index (χ1v) is 12.4. The highest BCUT2D eigenvalue weighted by atomic mass is 35.5. The van der Waals surface area contributed by atoms with Gasteiger partial charge in [0.1, 0.15) is 0 Å². The summed E-state index contributed by atoms with van der Waals surface area (Å²) in [4.78, 5) is 11.7. The van der Waals surface area contributed by atoms with Crippen molar-refractivity contribution in [3.63, 3.8) is 0 Å². The Morgan fingerprint density at radius 2 is 2.13 bits per heavy atom. The van der Waals surface area contributed by atoms with E-state index in [1.165, 1.54) is 10.5 Å². The van der Waals surface area contributed by atoms with Gasteiger partial charge < -0.3 is 15.3 Å². The highest BCUT2D eigenvalue weighted by molar-refractivity contribution is 7.16. The molecule has 1 fully saturated rings. The van der Waals surface area contributed by atoms with Gasteiger partial charge in [-0.3, -0.25) is 4.79 Å². The smallest absolute Gasteiger partial charge is 0.303 e. The molecule has 0 bridgehead atoms. The molecule has 6 heteroatoms. The topological polar surface area (TPSA) is 77.8 Å². The standard InChI is InChI=1S/C25H33ClO4S/c1-17-15-16-25(17,22-13-14-23(26)31-22)21(28)9-6-8-19-18(11-12-20(19)27)7-4-2-3-5-10-24(29)30/h2,4,6,8,13-14,17,20-21,27-28H,3,5,7,9-12,15-16H2,1H3,(H,29,30)/t17-,20-,21?,25-/m1/s1. The van der Waals surface area contributed by atoms with E-state index in [4.69, 9.17) is 16.7 Å². The summed E-state index contributed by atoms with van der Waals surface area (Å²) in [5, 5.41) is 30.2. The predicted molar refractivity (Wildman–Crippen MR) is 127 cm³/mol. The number of thiophene rings is 1. The maximum atomic E-state index is 11.1. The van der Waals surface area contributed by atoms with Crippen molar-refractivity contribution in [2.75, 3.05) is 0 Å². The van der Waals surface area contributed by atoms with Gasteiger partial charge in [-0.15, -0.1) is 11.3 Å². The largest absolute Gasteiger partial charge is 0.481 e. The van der Waals surface area contributed by atoms with E-state index >= 15 is 0 Å². The van der Waals surface area contributed by atoms with Gasteiger partial charge in [-0.25, -0.2) is 0 Å². The van der Waals surface area contributed by atoms with Gasteiger partial charge in [-0.1, -0.05) is 48.4 Å². The first kappa shape index (κ1) is 24.2. The molecule has 0 aliphatic heterocycles. The van der Waals surface area contributed by atoms with E-state index in [0.717, 1.165) is 48.4 Å². The summed E-state index contributed by atoms with van der Waals surface area (Å²) < 4.78 is 0.760. The number of halogens is 1. The molecule has 170 valence electrons. The summed E-state index contributed by atoms with van der Waals surface area (Å²) in [7, 11) is 0. The minimum atomic E-state index is -0.759. The van der Waals surface area contributed by atoms with Crippen molar-refractivity contribution >= 4 is 28.9 Å². The Kier molecular flexibility index (Phi) is 8.57. The molecule has 3 N–H and O–H groups in total. The Morgan fingerprint density at radius 1 is 1.32 bits per heavy atom. The molecule has 1 aromatic rings. The highest BCUT2D eigenvalue weighted by Crippen LogP contribution is 2.54. The Balaban J connectivity index is 1.60. The van der Waals surface area contributed by atoms with Gasteiger partial charge in [0.25, 0.3) is 0 Å². The first-order chi connectivity index (χ1) is 14.8. The number of hydrogen-bond acceptors (Lipinski definition) is 4. The second kappa shape index (κ2) is 11.0. The summed E-state index contributed by atoms with van der Waals surface area (Å²) in [6.07, 6.45) is 13.8. The molecule has 0 aromatic carbocycles. The number of hydrogen-bond donors (Lipinski definition) is 3. The lowest BCUT2D eigenvalue weighted by atomic mass is 9.56. The van der Waals surface area contributed by atoms with Gasteiger partial charge in [0.15, 0.2) is 0 Å². The van der Waals surface area contributed by atoms with E-state index < -0.39 is 18.2 Å². The lowest BCUT2D eigenvalue weighted by molar-refractivity contribution is -0.137. The molecule has 1 aromatic heterocycles. The normalized spacial score (nSPS) is 27.4. The van der Waals surface area contributed by atoms with Crippen molar-refractivity contribution in [3.05, 3.63) is 56.8 Å². The van der Waals surface area contributed by atoms with Gasteiger partial charge in [0, 0.05) is 16.7 Å². The van der Waals surface area contributed by atoms with Crippen molar-refractivity contribution < 1.29 is 20.1 Å². The zero-order valence-electron chi connectivity index (χ0n) is 18.1. The molecule has 0 spiro atoms. The number of carboxylic acids is 1. The third-order valence-corrected chi connectivity index (χ3v) is 8.36. The molecule has 0 amide bonds. The average Bonchev–Trinajstić information content (AvgIpc) is 3.30. The van der Waals surface area contributed by atoms with E-state index in [9.17, 15) is 15.0 Å². The van der Waals surface area contributed by atoms with Crippen LogP contribution in [0.3, 0.4) is 0 Å². The average molecular weight is 465 g/mol. The van der Waals surface area contributed by atoms with E-state index in [0.29, 0.717) is 18.8 Å². The van der Waals surface area contributed by atoms with Crippen LogP contribution in [0.15, 0.2) is 47.6 Å². The summed E-state index contributed by atoms with van der Waals surface area (Å²) >= 11 is 7.73. The van der Waals surface area contributed by atoms with E-state index in [2.05, 4.69) is 19.1 Å². The van der Waals surface area contributed by atoms with E-state index in [-0.39, 0.29) is 11.8 Å². The van der Waals surface area contributed by atoms with Crippen molar-refractivity contribution in [3.8, 4) is 0 Å². The van der Waals surface area contributed by atoms with E-state index in [1.54, 1.807) is 11.3 Å². The van der Waals surface area contributed by atoms with Crippen molar-refractivity contribution in [1.29, 1.82) is 0 Å². The number of carboxylic acid groups (broad SMARTS) is 1. The van der Waals surface area contributed by atoms with Gasteiger partial charge >= 0.3 is 5.97 Å². The van der Waals surface area contributed by atoms with Crippen molar-refractivity contribution in [2.24, 2.45) is 5.92 Å². The van der Waals surface area contributed by atoms with E-state index in [1.807, 2.05) is 24.3 Å². The van der Waals surface area contributed by atoms with Crippen LogP contribution in [0.5, 0.6) is 0 Å². The number of carbonyl (C=O) groups is 1. The molecule has 2 aliphatic rings. The predicted octanol–water partition coefficient (Wildman–Crippen LogP) is 6.03. The molecule has 4 nitrogen and oxygen atoms in total. The molecule has 1 saturated carbocycles. The SMILES string of the molecule is C[C@@H]1CC[C@]1(c1ccc(Cl)s1)C(O)CC=CC1=C(CC=CCCCC(=O)O)CC[C@H]1O. The fourth-order valence-corrected chi connectivity index (χ4v) is 6.30. The molecule has 1 heterocycles. The third-order valence-electron chi connectivity index (χ3n) is 6.93. The molecule has 3 rings (SSSR count). The second-order valence-electron chi connectivity index (χ2n) is 8.81. The number of aliphatic hydroxyl groups is 2. The number of aliphatic carboxylic acids is 1. The second-order valence-corrected chi connectivity index (χ2v) is 10.5. The Morgan fingerprint density at radius 3 is 2.74 bits per heavy atom. The lowest BCUT2D eigenvalue weighted by Gasteiger charge is -2.50. The summed E-state index contributed by atoms with van der Waals surface area (Å²) in [6, 6.07) is 3.97. The number of allylic oxidation sites excluding steroid dienone is 3. The fraction of sp³-hybridized carbons (Fsp3) is 0.560. The zero-order valence-corrected chi connectivity index (χ0v) is 19.7. The minimum Gasteiger partial charge on any atom is -0.481 e. The Hall–Kier alpha value is -1.40. The van der Waals surface area contributed by atoms with Gasteiger partial charge in [0.2, 0.25) is 0 Å². The van der Waals surface area contributed by atoms with Crippen LogP contribution in [-0.2, 0) is 10.2 Å². The number of rotatable bonds is 11. The van der Waals surface area contributed by atoms with Crippen LogP contribution < -0.4 is 0 Å². The van der Waals surface area contributed by atoms with Crippen LogP contribution >= 0.6 is 22.9 Å². The third kappa shape index (κ3) is 5.70. The van der Waals surface area contributed by atoms with Crippen LogP contribution in [0.25, 0.3) is 0 Å². The maximum absolute atomic E-state index is 11.1. The van der Waals surface area contributed by atoms with Gasteiger partial charge in [-0.2, -0.15) is 0 Å². The summed E-state index contributed by atoms with van der Waals surface area (Å²) in [5.41, 5.74) is 1.98. The molecular formula is C25H33ClO4S. The highest BCUT2D eigenvalue weighted by Gasteiger charge is 2.51. The number of aliphatic hydroxyl groups excluding tert-OH is 2. The van der Waals surface area contributed by atoms with Gasteiger partial charge in [0.05, 0.1) is 16.5 Å². The van der Waals surface area contributed by atoms with Crippen molar-refractivity contribution in [2.45, 2.75) is 82.3 Å². The van der Waals surface area contributed by atoms with Crippen LogP contribution in [-0.4, -0.2) is 33.5 Å². The molecule has 0 radical (unpaired) electrons. The molecular weight excluding hydrogens is 432 g/mol. The first-order valence-electron chi connectivity index (χ1n) is 11.2. The summed E-state index contributed by atoms with van der Waals surface area (Å²) in [6.45, 7) is 2.20. The van der Waals surface area contributed by atoms with Crippen LogP contribution in [0.2, 0.25) is 4.34 Å². The maximum Gasteiger partial charge on any atom is 0.303 e. The minimum absolute atomic E-state index is 0.194. The lowest BCUT2D eigenvalue weighted by Crippen LogP contribution is -2.51. The van der Waals surface area contributed by atoms with Crippen LogP contribution in [0, 0.1) is 5.92 Å². The molecule has 1 unspecified atom stereocenters. The fourth-order valence-electron chi connectivity index (χ4n) is 4.88.